The SMILES string of the molecule is CNCCC(=O)Nc1ccccc1C(=O)N1CCOCC1. The summed E-state index contributed by atoms with van der Waals surface area (Å²) in [6.45, 7) is 2.89. The van der Waals surface area contributed by atoms with Crippen LogP contribution in [0, 0.1) is 0 Å². The molecular formula is C15H21N3O3. The highest BCUT2D eigenvalue weighted by Gasteiger charge is 2.21. The molecule has 0 spiro atoms. The lowest BCUT2D eigenvalue weighted by molar-refractivity contribution is -0.116. The van der Waals surface area contributed by atoms with Crippen molar-refractivity contribution >= 4 is 17.5 Å². The summed E-state index contributed by atoms with van der Waals surface area (Å²) in [7, 11) is 1.79. The number of carbonyl (C=O) groups is 2. The quantitative estimate of drug-likeness (QED) is 0.838. The molecule has 1 aromatic carbocycles. The molecule has 1 aliphatic rings. The van der Waals surface area contributed by atoms with E-state index in [0.717, 1.165) is 0 Å². The van der Waals surface area contributed by atoms with E-state index >= 15 is 0 Å². The van der Waals surface area contributed by atoms with Crippen molar-refractivity contribution in [3.05, 3.63) is 29.8 Å². The minimum atomic E-state index is -0.105. The van der Waals surface area contributed by atoms with Gasteiger partial charge >= 0.3 is 0 Å². The van der Waals surface area contributed by atoms with Gasteiger partial charge in [-0.05, 0) is 19.2 Å². The summed E-state index contributed by atoms with van der Waals surface area (Å²) in [4.78, 5) is 26.1. The summed E-state index contributed by atoms with van der Waals surface area (Å²) >= 11 is 0. The Balaban J connectivity index is 2.08. The molecule has 0 unspecified atom stereocenters. The zero-order valence-corrected chi connectivity index (χ0v) is 12.2. The lowest BCUT2D eigenvalue weighted by atomic mass is 10.1. The summed E-state index contributed by atoms with van der Waals surface area (Å²) in [6.07, 6.45) is 0.372. The number of nitrogens with one attached hydrogen (secondary N) is 2. The van der Waals surface area contributed by atoms with Gasteiger partial charge in [-0.25, -0.2) is 0 Å². The molecule has 1 saturated heterocycles. The first-order valence-corrected chi connectivity index (χ1v) is 7.13. The Morgan fingerprint density at radius 1 is 1.24 bits per heavy atom. The van der Waals surface area contributed by atoms with Crippen LogP contribution in [0.1, 0.15) is 16.8 Å². The van der Waals surface area contributed by atoms with Crippen LogP contribution in [0.3, 0.4) is 0 Å². The number of nitrogens with zero attached hydrogens (tertiary/aromatic N) is 1. The smallest absolute Gasteiger partial charge is 0.256 e. The highest BCUT2D eigenvalue weighted by molar-refractivity contribution is 6.03. The van der Waals surface area contributed by atoms with E-state index in [4.69, 9.17) is 4.74 Å². The number of carbonyl (C=O) groups excluding carboxylic acids is 2. The molecule has 0 saturated carbocycles. The Bertz CT molecular complexity index is 499. The Hall–Kier alpha value is -1.92. The molecule has 0 aromatic heterocycles. The Labute approximate surface area is 124 Å². The minimum absolute atomic E-state index is 0.0668. The molecule has 2 rings (SSSR count). The topological polar surface area (TPSA) is 70.7 Å². The second-order valence-electron chi connectivity index (χ2n) is 4.85. The van der Waals surface area contributed by atoms with Crippen molar-refractivity contribution in [2.45, 2.75) is 6.42 Å². The second-order valence-corrected chi connectivity index (χ2v) is 4.85. The second kappa shape index (κ2) is 7.75. The maximum Gasteiger partial charge on any atom is 0.256 e. The van der Waals surface area contributed by atoms with Gasteiger partial charge in [0.25, 0.3) is 5.91 Å². The molecule has 1 fully saturated rings. The molecule has 0 radical (unpaired) electrons. The predicted octanol–water partition coefficient (Wildman–Crippen LogP) is 0.707. The fourth-order valence-corrected chi connectivity index (χ4v) is 2.17. The van der Waals surface area contributed by atoms with Gasteiger partial charge in [0.15, 0.2) is 0 Å². The van der Waals surface area contributed by atoms with E-state index < -0.39 is 0 Å². The van der Waals surface area contributed by atoms with Gasteiger partial charge in [-0.2, -0.15) is 0 Å². The summed E-state index contributed by atoms with van der Waals surface area (Å²) in [5.41, 5.74) is 1.09. The van der Waals surface area contributed by atoms with E-state index in [0.29, 0.717) is 50.5 Å². The molecular weight excluding hydrogens is 270 g/mol. The molecule has 1 heterocycles. The lowest BCUT2D eigenvalue weighted by Crippen LogP contribution is -2.41. The van der Waals surface area contributed by atoms with Crippen molar-refractivity contribution in [2.75, 3.05) is 45.2 Å². The van der Waals surface area contributed by atoms with E-state index in [9.17, 15) is 9.59 Å². The molecule has 1 aromatic rings. The van der Waals surface area contributed by atoms with E-state index in [1.54, 1.807) is 30.1 Å². The molecule has 2 amide bonds. The molecule has 114 valence electrons. The fraction of sp³-hybridized carbons (Fsp3) is 0.467. The zero-order valence-electron chi connectivity index (χ0n) is 12.2. The summed E-state index contributed by atoms with van der Waals surface area (Å²) in [5.74, 6) is -0.172. The summed E-state index contributed by atoms with van der Waals surface area (Å²) in [6, 6.07) is 7.11. The Morgan fingerprint density at radius 3 is 2.67 bits per heavy atom. The van der Waals surface area contributed by atoms with E-state index in [1.165, 1.54) is 0 Å². The third-order valence-electron chi connectivity index (χ3n) is 3.33. The van der Waals surface area contributed by atoms with Crippen LogP contribution < -0.4 is 10.6 Å². The van der Waals surface area contributed by atoms with E-state index in [2.05, 4.69) is 10.6 Å². The van der Waals surface area contributed by atoms with E-state index in [-0.39, 0.29) is 11.8 Å². The molecule has 0 atom stereocenters. The molecule has 0 aliphatic carbocycles. The summed E-state index contributed by atoms with van der Waals surface area (Å²) < 4.78 is 5.25. The first-order chi connectivity index (χ1) is 10.2. The van der Waals surface area contributed by atoms with Crippen LogP contribution in [-0.4, -0.2) is 56.6 Å². The van der Waals surface area contributed by atoms with Gasteiger partial charge in [0.1, 0.15) is 0 Å². The van der Waals surface area contributed by atoms with Crippen LogP contribution in [0.25, 0.3) is 0 Å². The largest absolute Gasteiger partial charge is 0.378 e. The van der Waals surface area contributed by atoms with Crippen molar-refractivity contribution in [1.29, 1.82) is 0 Å². The minimum Gasteiger partial charge on any atom is -0.378 e. The van der Waals surface area contributed by atoms with Crippen LogP contribution in [0.2, 0.25) is 0 Å². The molecule has 0 bridgehead atoms. The Morgan fingerprint density at radius 2 is 1.95 bits per heavy atom. The molecule has 1 aliphatic heterocycles. The van der Waals surface area contributed by atoms with Gasteiger partial charge < -0.3 is 20.3 Å². The van der Waals surface area contributed by atoms with Gasteiger partial charge in [-0.3, -0.25) is 9.59 Å². The number of rotatable bonds is 5. The average molecular weight is 291 g/mol. The molecule has 6 nitrogen and oxygen atoms in total. The van der Waals surface area contributed by atoms with Gasteiger partial charge in [0.2, 0.25) is 5.91 Å². The summed E-state index contributed by atoms with van der Waals surface area (Å²) in [5, 5.41) is 5.73. The number of morpholine rings is 1. The monoisotopic (exact) mass is 291 g/mol. The zero-order chi connectivity index (χ0) is 15.1. The Kier molecular flexibility index (Phi) is 5.71. The standard InChI is InChI=1S/C15H21N3O3/c1-16-7-6-14(19)17-13-5-3-2-4-12(13)15(20)18-8-10-21-11-9-18/h2-5,16H,6-11H2,1H3,(H,17,19). The van der Waals surface area contributed by atoms with Crippen LogP contribution in [0.15, 0.2) is 24.3 Å². The number of para-hydroxylation sites is 1. The predicted molar refractivity (Wildman–Crippen MR) is 80.3 cm³/mol. The molecule has 21 heavy (non-hydrogen) atoms. The van der Waals surface area contributed by atoms with Gasteiger partial charge in [-0.15, -0.1) is 0 Å². The average Bonchev–Trinajstić information content (AvgIpc) is 2.53. The first kappa shape index (κ1) is 15.5. The third-order valence-corrected chi connectivity index (χ3v) is 3.33. The normalized spacial score (nSPS) is 14.8. The number of hydrogen-bond acceptors (Lipinski definition) is 4. The fourth-order valence-electron chi connectivity index (χ4n) is 2.17. The highest BCUT2D eigenvalue weighted by Crippen LogP contribution is 2.18. The third kappa shape index (κ3) is 4.27. The van der Waals surface area contributed by atoms with Gasteiger partial charge in [0.05, 0.1) is 24.5 Å². The molecule has 2 N–H and O–H groups in total. The number of benzene rings is 1. The first-order valence-electron chi connectivity index (χ1n) is 7.13. The number of hydrogen-bond donors (Lipinski definition) is 2. The number of amides is 2. The van der Waals surface area contributed by atoms with E-state index in [1.807, 2.05) is 6.07 Å². The van der Waals surface area contributed by atoms with Gasteiger partial charge in [0, 0.05) is 26.1 Å². The van der Waals surface area contributed by atoms with Crippen molar-refractivity contribution in [3.8, 4) is 0 Å². The van der Waals surface area contributed by atoms with Crippen LogP contribution in [0.5, 0.6) is 0 Å². The maximum absolute atomic E-state index is 12.5. The maximum atomic E-state index is 12.5. The van der Waals surface area contributed by atoms with Crippen LogP contribution in [-0.2, 0) is 9.53 Å². The van der Waals surface area contributed by atoms with Crippen LogP contribution in [0.4, 0.5) is 5.69 Å². The van der Waals surface area contributed by atoms with Crippen molar-refractivity contribution in [2.24, 2.45) is 0 Å². The highest BCUT2D eigenvalue weighted by atomic mass is 16.5. The number of anilines is 1. The van der Waals surface area contributed by atoms with Crippen molar-refractivity contribution in [3.63, 3.8) is 0 Å². The van der Waals surface area contributed by atoms with Crippen LogP contribution >= 0.6 is 0 Å². The lowest BCUT2D eigenvalue weighted by Gasteiger charge is -2.27. The molecule has 6 heteroatoms. The van der Waals surface area contributed by atoms with Crippen molar-refractivity contribution in [1.82, 2.24) is 10.2 Å². The van der Waals surface area contributed by atoms with Gasteiger partial charge in [-0.1, -0.05) is 12.1 Å². The number of ether oxygens (including phenoxy) is 1. The van der Waals surface area contributed by atoms with Crippen molar-refractivity contribution < 1.29 is 14.3 Å².